The quantitative estimate of drug-likeness (QED) is 0.484. The van der Waals surface area contributed by atoms with Crippen molar-refractivity contribution in [2.75, 3.05) is 11.9 Å². The summed E-state index contributed by atoms with van der Waals surface area (Å²) in [6.07, 6.45) is 0. The van der Waals surface area contributed by atoms with Gasteiger partial charge in [0.2, 0.25) is 5.82 Å². The molecule has 0 N–H and O–H groups in total. The van der Waals surface area contributed by atoms with Crippen LogP contribution in [0.25, 0.3) is 0 Å². The number of nitro groups is 1. The lowest BCUT2D eigenvalue weighted by Gasteiger charge is -2.17. The molecule has 0 aliphatic carbocycles. The van der Waals surface area contributed by atoms with E-state index >= 15 is 0 Å². The number of rotatable bonds is 3. The number of benzene rings is 1. The smallest absolute Gasteiger partial charge is 0.312 e. The van der Waals surface area contributed by atoms with Crippen LogP contribution in [0.15, 0.2) is 42.5 Å². The van der Waals surface area contributed by atoms with Crippen LogP contribution in [0.5, 0.6) is 0 Å². The zero-order valence-corrected chi connectivity index (χ0v) is 10.3. The molecule has 5 nitrogen and oxygen atoms in total. The predicted molar refractivity (Wildman–Crippen MR) is 70.4 cm³/mol. The first-order chi connectivity index (χ1) is 8.59. The molecule has 0 aliphatic heterocycles. The normalized spacial score (nSPS) is 10.1. The molecule has 1 heterocycles. The lowest BCUT2D eigenvalue weighted by atomic mass is 10.3. The van der Waals surface area contributed by atoms with E-state index in [-0.39, 0.29) is 16.7 Å². The molecule has 6 heteroatoms. The average Bonchev–Trinajstić information content (AvgIpc) is 2.38. The van der Waals surface area contributed by atoms with Gasteiger partial charge in [-0.25, -0.2) is 4.98 Å². The second-order valence-electron chi connectivity index (χ2n) is 3.63. The molecule has 0 radical (unpaired) electrons. The Morgan fingerprint density at radius 2 is 1.89 bits per heavy atom. The van der Waals surface area contributed by atoms with Crippen molar-refractivity contribution in [1.29, 1.82) is 0 Å². The van der Waals surface area contributed by atoms with Gasteiger partial charge in [0.1, 0.15) is 5.15 Å². The fourth-order valence-electron chi connectivity index (χ4n) is 1.58. The van der Waals surface area contributed by atoms with E-state index in [1.54, 1.807) is 11.9 Å². The van der Waals surface area contributed by atoms with Crippen molar-refractivity contribution in [1.82, 2.24) is 4.98 Å². The summed E-state index contributed by atoms with van der Waals surface area (Å²) >= 11 is 5.79. The van der Waals surface area contributed by atoms with Crippen molar-refractivity contribution in [2.24, 2.45) is 0 Å². The fourth-order valence-corrected chi connectivity index (χ4v) is 1.72. The van der Waals surface area contributed by atoms with Gasteiger partial charge in [0.25, 0.3) is 0 Å². The molecule has 0 saturated carbocycles. The molecule has 1 aromatic carbocycles. The number of aromatic nitrogens is 1. The Morgan fingerprint density at radius 3 is 2.50 bits per heavy atom. The number of hydrogen-bond acceptors (Lipinski definition) is 4. The Labute approximate surface area is 109 Å². The van der Waals surface area contributed by atoms with E-state index < -0.39 is 4.92 Å². The Morgan fingerprint density at radius 1 is 1.22 bits per heavy atom. The van der Waals surface area contributed by atoms with E-state index in [4.69, 9.17) is 11.6 Å². The molecule has 0 aliphatic rings. The zero-order valence-electron chi connectivity index (χ0n) is 9.58. The van der Waals surface area contributed by atoms with Crippen LogP contribution >= 0.6 is 11.6 Å². The molecule has 0 saturated heterocycles. The van der Waals surface area contributed by atoms with Crippen LogP contribution in [0.3, 0.4) is 0 Å². The maximum Gasteiger partial charge on any atom is 0.312 e. The molecule has 2 aromatic rings. The van der Waals surface area contributed by atoms with Gasteiger partial charge in [-0.15, -0.1) is 0 Å². The van der Waals surface area contributed by atoms with Crippen LogP contribution in [0.2, 0.25) is 5.15 Å². The van der Waals surface area contributed by atoms with E-state index in [1.165, 1.54) is 12.1 Å². The molecule has 0 bridgehead atoms. The Hall–Kier alpha value is -2.14. The minimum absolute atomic E-state index is 0.0780. The molecule has 2 rings (SSSR count). The molecule has 0 spiro atoms. The summed E-state index contributed by atoms with van der Waals surface area (Å²) in [4.78, 5) is 16.1. The molecule has 92 valence electrons. The summed E-state index contributed by atoms with van der Waals surface area (Å²) in [6.45, 7) is 0. The Kier molecular flexibility index (Phi) is 3.43. The second kappa shape index (κ2) is 5.01. The number of anilines is 2. The molecule has 0 unspecified atom stereocenters. The molecular weight excluding hydrogens is 254 g/mol. The number of halogens is 1. The maximum absolute atomic E-state index is 11.0. The lowest BCUT2D eigenvalue weighted by molar-refractivity contribution is -0.384. The van der Waals surface area contributed by atoms with Crippen molar-refractivity contribution in [3.8, 4) is 0 Å². The molecule has 0 fully saturated rings. The highest BCUT2D eigenvalue weighted by molar-refractivity contribution is 6.29. The van der Waals surface area contributed by atoms with Gasteiger partial charge in [-0.05, 0) is 18.2 Å². The lowest BCUT2D eigenvalue weighted by Crippen LogP contribution is -2.13. The predicted octanol–water partition coefficient (Wildman–Crippen LogP) is 3.41. The summed E-state index contributed by atoms with van der Waals surface area (Å²) in [5.41, 5.74) is 0.723. The maximum atomic E-state index is 11.0. The average molecular weight is 264 g/mol. The van der Waals surface area contributed by atoms with Crippen LogP contribution in [-0.2, 0) is 0 Å². The van der Waals surface area contributed by atoms with Gasteiger partial charge in [0.15, 0.2) is 0 Å². The first-order valence-electron chi connectivity index (χ1n) is 5.19. The Balaban J connectivity index is 2.50. The fraction of sp³-hybridized carbons (Fsp3) is 0.0833. The van der Waals surface area contributed by atoms with Gasteiger partial charge in [0.05, 0.1) is 4.92 Å². The number of nitrogens with zero attached hydrogens (tertiary/aromatic N) is 3. The van der Waals surface area contributed by atoms with Gasteiger partial charge in [-0.1, -0.05) is 29.8 Å². The number of pyridine rings is 1. The summed E-state index contributed by atoms with van der Waals surface area (Å²) in [6, 6.07) is 12.0. The van der Waals surface area contributed by atoms with E-state index in [0.717, 1.165) is 5.69 Å². The van der Waals surface area contributed by atoms with Crippen LogP contribution in [0.1, 0.15) is 0 Å². The van der Waals surface area contributed by atoms with Crippen LogP contribution in [0, 0.1) is 10.1 Å². The van der Waals surface area contributed by atoms with E-state index in [2.05, 4.69) is 4.98 Å². The largest absolute Gasteiger partial charge is 0.324 e. The van der Waals surface area contributed by atoms with Gasteiger partial charge in [-0.2, -0.15) is 0 Å². The minimum Gasteiger partial charge on any atom is -0.324 e. The van der Waals surface area contributed by atoms with Gasteiger partial charge < -0.3 is 4.90 Å². The number of para-hydroxylation sites is 1. The number of hydrogen-bond donors (Lipinski definition) is 0. The van der Waals surface area contributed by atoms with Gasteiger partial charge in [-0.3, -0.25) is 10.1 Å². The minimum atomic E-state index is -0.474. The zero-order chi connectivity index (χ0) is 13.1. The van der Waals surface area contributed by atoms with Crippen molar-refractivity contribution < 1.29 is 4.92 Å². The summed E-state index contributed by atoms with van der Waals surface area (Å²) in [7, 11) is 1.71. The molecular formula is C12H10ClN3O2. The van der Waals surface area contributed by atoms with Crippen molar-refractivity contribution in [3.63, 3.8) is 0 Å². The van der Waals surface area contributed by atoms with E-state index in [9.17, 15) is 10.1 Å². The molecule has 18 heavy (non-hydrogen) atoms. The van der Waals surface area contributed by atoms with E-state index in [1.807, 2.05) is 30.3 Å². The summed E-state index contributed by atoms with van der Waals surface area (Å²) < 4.78 is 0. The van der Waals surface area contributed by atoms with Crippen LogP contribution < -0.4 is 4.90 Å². The highest BCUT2D eigenvalue weighted by Crippen LogP contribution is 2.31. The van der Waals surface area contributed by atoms with E-state index in [0.29, 0.717) is 0 Å². The highest BCUT2D eigenvalue weighted by atomic mass is 35.5. The third-order valence-corrected chi connectivity index (χ3v) is 2.69. The molecule has 0 amide bonds. The van der Waals surface area contributed by atoms with Crippen LogP contribution in [-0.4, -0.2) is 17.0 Å². The molecule has 0 atom stereocenters. The monoisotopic (exact) mass is 263 g/mol. The third kappa shape index (κ3) is 2.41. The SMILES string of the molecule is CN(c1ccccc1)c1nc(Cl)ccc1[N+](=O)[O-]. The first kappa shape index (κ1) is 12.3. The van der Waals surface area contributed by atoms with Crippen molar-refractivity contribution in [3.05, 3.63) is 57.7 Å². The van der Waals surface area contributed by atoms with Crippen LogP contribution in [0.4, 0.5) is 17.2 Å². The standard InChI is InChI=1S/C12H10ClN3O2/c1-15(9-5-3-2-4-6-9)12-10(16(17)18)7-8-11(13)14-12/h2-8H,1H3. The van der Waals surface area contributed by atoms with Gasteiger partial charge >= 0.3 is 5.69 Å². The van der Waals surface area contributed by atoms with Crippen molar-refractivity contribution >= 4 is 28.8 Å². The summed E-state index contributed by atoms with van der Waals surface area (Å²) in [5, 5.41) is 11.2. The highest BCUT2D eigenvalue weighted by Gasteiger charge is 2.20. The molecule has 1 aromatic heterocycles. The topological polar surface area (TPSA) is 59.3 Å². The van der Waals surface area contributed by atoms with Crippen molar-refractivity contribution in [2.45, 2.75) is 0 Å². The summed E-state index contributed by atoms with van der Waals surface area (Å²) in [5.74, 6) is 0.221. The third-order valence-electron chi connectivity index (χ3n) is 2.48. The second-order valence-corrected chi connectivity index (χ2v) is 4.02. The Bertz CT molecular complexity index is 575. The van der Waals surface area contributed by atoms with Gasteiger partial charge in [0, 0.05) is 18.8 Å². The first-order valence-corrected chi connectivity index (χ1v) is 5.57.